The molecule has 6 aromatic rings. The van der Waals surface area contributed by atoms with Gasteiger partial charge in [-0.15, -0.1) is 11.3 Å². The predicted octanol–water partition coefficient (Wildman–Crippen LogP) is 8.58. The lowest BCUT2D eigenvalue weighted by Crippen LogP contribution is -1.83. The zero-order valence-corrected chi connectivity index (χ0v) is 18.5. The van der Waals surface area contributed by atoms with E-state index in [1.807, 2.05) is 11.3 Å². The topological polar surface area (TPSA) is 0 Å². The minimum atomic E-state index is 1.03. The summed E-state index contributed by atoms with van der Waals surface area (Å²) in [6.07, 6.45) is 0. The molecule has 1 heterocycles. The number of hydrogen-bond acceptors (Lipinski definition) is 1. The van der Waals surface area contributed by atoms with Crippen LogP contribution in [-0.2, 0) is 0 Å². The summed E-state index contributed by atoms with van der Waals surface area (Å²) in [6, 6.07) is 36.8. The Kier molecular flexibility index (Phi) is 4.53. The van der Waals surface area contributed by atoms with Crippen LogP contribution in [0.15, 0.2) is 103 Å². The molecule has 1 aromatic heterocycles. The van der Waals surface area contributed by atoms with Crippen molar-refractivity contribution < 1.29 is 0 Å². The van der Waals surface area contributed by atoms with Gasteiger partial charge in [0.15, 0.2) is 0 Å². The van der Waals surface area contributed by atoms with E-state index in [4.69, 9.17) is 0 Å². The maximum Gasteiger partial charge on any atom is 0.0355 e. The van der Waals surface area contributed by atoms with Crippen LogP contribution in [-0.4, -0.2) is 0 Å². The van der Waals surface area contributed by atoms with Crippen molar-refractivity contribution in [1.29, 1.82) is 0 Å². The number of thiophene rings is 1. The Bertz CT molecular complexity index is 1670. The molecule has 0 N–H and O–H groups in total. The summed E-state index contributed by atoms with van der Waals surface area (Å²) >= 11 is 1.86. The molecule has 0 aliphatic rings. The summed E-state index contributed by atoms with van der Waals surface area (Å²) in [6.45, 7) is 2.12. The average Bonchev–Trinajstić information content (AvgIpc) is 3.21. The molecule has 0 saturated heterocycles. The monoisotopic (exact) mass is 424 g/mol. The Hall–Kier alpha value is -3.86. The molecular formula is C31H20S. The van der Waals surface area contributed by atoms with Gasteiger partial charge in [-0.3, -0.25) is 0 Å². The minimum Gasteiger partial charge on any atom is -0.135 e. The molecule has 150 valence electrons. The van der Waals surface area contributed by atoms with Gasteiger partial charge in [-0.2, -0.15) is 0 Å². The lowest BCUT2D eigenvalue weighted by atomic mass is 10.0. The molecule has 0 saturated carbocycles. The second kappa shape index (κ2) is 7.68. The Labute approximate surface area is 191 Å². The highest BCUT2D eigenvalue weighted by molar-refractivity contribution is 7.25. The predicted molar refractivity (Wildman–Crippen MR) is 139 cm³/mol. The van der Waals surface area contributed by atoms with Crippen LogP contribution < -0.4 is 0 Å². The van der Waals surface area contributed by atoms with Crippen LogP contribution in [0.4, 0.5) is 0 Å². The number of hydrogen-bond donors (Lipinski definition) is 0. The fraction of sp³-hybridized carbons (Fsp3) is 0.0323. The summed E-state index contributed by atoms with van der Waals surface area (Å²) in [5.41, 5.74) is 5.81. The molecule has 0 radical (unpaired) electrons. The highest BCUT2D eigenvalue weighted by atomic mass is 32.1. The number of benzene rings is 5. The Balaban J connectivity index is 1.35. The van der Waals surface area contributed by atoms with E-state index in [2.05, 4.69) is 122 Å². The highest BCUT2D eigenvalue weighted by Gasteiger charge is 2.06. The van der Waals surface area contributed by atoms with Crippen molar-refractivity contribution in [2.75, 3.05) is 0 Å². The Morgan fingerprint density at radius 2 is 1.28 bits per heavy atom. The van der Waals surface area contributed by atoms with Gasteiger partial charge in [0.2, 0.25) is 0 Å². The maximum atomic E-state index is 3.40. The summed E-state index contributed by atoms with van der Waals surface area (Å²) < 4.78 is 2.68. The van der Waals surface area contributed by atoms with E-state index in [1.54, 1.807) is 0 Å². The van der Waals surface area contributed by atoms with Crippen molar-refractivity contribution in [2.24, 2.45) is 0 Å². The van der Waals surface area contributed by atoms with Crippen molar-refractivity contribution in [2.45, 2.75) is 6.92 Å². The van der Waals surface area contributed by atoms with Gasteiger partial charge < -0.3 is 0 Å². The van der Waals surface area contributed by atoms with E-state index in [9.17, 15) is 0 Å². The third-order valence-electron chi connectivity index (χ3n) is 5.94. The Morgan fingerprint density at radius 3 is 2.16 bits per heavy atom. The zero-order valence-electron chi connectivity index (χ0n) is 17.7. The molecule has 0 atom stereocenters. The van der Waals surface area contributed by atoms with Gasteiger partial charge in [0.25, 0.3) is 0 Å². The molecule has 0 aliphatic heterocycles. The molecule has 0 spiro atoms. The molecule has 0 bridgehead atoms. The molecule has 0 aliphatic carbocycles. The van der Waals surface area contributed by atoms with Crippen LogP contribution in [0.5, 0.6) is 0 Å². The van der Waals surface area contributed by atoms with Crippen LogP contribution in [0.3, 0.4) is 0 Å². The fourth-order valence-electron chi connectivity index (χ4n) is 4.36. The third-order valence-corrected chi connectivity index (χ3v) is 7.09. The number of aryl methyl sites for hydroxylation is 1. The molecule has 6 rings (SSSR count). The molecule has 32 heavy (non-hydrogen) atoms. The molecule has 1 heteroatoms. The maximum absolute atomic E-state index is 3.40. The van der Waals surface area contributed by atoms with Crippen molar-refractivity contribution in [3.05, 3.63) is 120 Å². The molecule has 0 unspecified atom stereocenters. The van der Waals surface area contributed by atoms with Crippen molar-refractivity contribution in [3.8, 4) is 23.0 Å². The molecular weight excluding hydrogens is 404 g/mol. The third kappa shape index (κ3) is 3.36. The van der Waals surface area contributed by atoms with Gasteiger partial charge in [-0.05, 0) is 70.8 Å². The van der Waals surface area contributed by atoms with Crippen LogP contribution in [0.1, 0.15) is 16.7 Å². The minimum absolute atomic E-state index is 1.03. The first-order valence-electron chi connectivity index (χ1n) is 10.8. The quantitative estimate of drug-likeness (QED) is 0.232. The first kappa shape index (κ1) is 18.9. The largest absolute Gasteiger partial charge is 0.135 e. The van der Waals surface area contributed by atoms with Gasteiger partial charge in [-0.25, -0.2) is 0 Å². The fourth-order valence-corrected chi connectivity index (χ4v) is 5.44. The van der Waals surface area contributed by atoms with Gasteiger partial charge in [0.05, 0.1) is 0 Å². The second-order valence-corrected chi connectivity index (χ2v) is 9.25. The molecule has 5 aromatic carbocycles. The van der Waals surface area contributed by atoms with Crippen LogP contribution in [0.25, 0.3) is 42.1 Å². The smallest absolute Gasteiger partial charge is 0.0355 e. The molecule has 0 amide bonds. The number of fused-ring (bicyclic) bond motifs is 4. The average molecular weight is 425 g/mol. The first-order valence-corrected chi connectivity index (χ1v) is 11.6. The van der Waals surface area contributed by atoms with Crippen LogP contribution in [0, 0.1) is 18.8 Å². The van der Waals surface area contributed by atoms with Crippen molar-refractivity contribution in [1.82, 2.24) is 0 Å². The van der Waals surface area contributed by atoms with Gasteiger partial charge >= 0.3 is 0 Å². The van der Waals surface area contributed by atoms with E-state index >= 15 is 0 Å². The zero-order chi connectivity index (χ0) is 21.5. The van der Waals surface area contributed by atoms with Crippen LogP contribution in [0.2, 0.25) is 0 Å². The van der Waals surface area contributed by atoms with E-state index in [1.165, 1.54) is 47.6 Å². The van der Waals surface area contributed by atoms with E-state index in [0.29, 0.717) is 0 Å². The normalized spacial score (nSPS) is 11.0. The van der Waals surface area contributed by atoms with Gasteiger partial charge in [-0.1, -0.05) is 78.6 Å². The van der Waals surface area contributed by atoms with E-state index in [-0.39, 0.29) is 0 Å². The first-order chi connectivity index (χ1) is 15.7. The summed E-state index contributed by atoms with van der Waals surface area (Å²) in [5, 5.41) is 5.11. The highest BCUT2D eigenvalue weighted by Crippen LogP contribution is 2.36. The lowest BCUT2D eigenvalue weighted by Gasteiger charge is -2.04. The van der Waals surface area contributed by atoms with Gasteiger partial charge in [0, 0.05) is 31.3 Å². The Morgan fingerprint density at radius 1 is 0.562 bits per heavy atom. The molecule has 0 nitrogen and oxygen atoms in total. The second-order valence-electron chi connectivity index (χ2n) is 8.17. The summed E-state index contributed by atoms with van der Waals surface area (Å²) in [5.74, 6) is 6.76. The van der Waals surface area contributed by atoms with Crippen LogP contribution >= 0.6 is 11.3 Å². The van der Waals surface area contributed by atoms with E-state index < -0.39 is 0 Å². The SMILES string of the molecule is Cc1cc(C#Cc2ccc(-c3ccc4sc5ccccc5c4c3)cc2)c2ccccc2c1. The van der Waals surface area contributed by atoms with Crippen molar-refractivity contribution >= 4 is 42.3 Å². The molecule has 0 fully saturated rings. The summed E-state index contributed by atoms with van der Waals surface area (Å²) in [7, 11) is 0. The number of rotatable bonds is 1. The summed E-state index contributed by atoms with van der Waals surface area (Å²) in [4.78, 5) is 0. The standard InChI is InChI=1S/C31H20S/c1-21-18-25-6-2-3-7-27(25)26(19-21)15-12-22-10-13-23(14-11-22)24-16-17-31-29(20-24)28-8-4-5-9-30(28)32-31/h2-11,13-14,16-20H,1H3. The lowest BCUT2D eigenvalue weighted by molar-refractivity contribution is 1.49. The van der Waals surface area contributed by atoms with E-state index in [0.717, 1.165) is 11.1 Å². The van der Waals surface area contributed by atoms with Gasteiger partial charge in [0.1, 0.15) is 0 Å². The van der Waals surface area contributed by atoms with Crippen molar-refractivity contribution in [3.63, 3.8) is 0 Å².